The minimum absolute atomic E-state index is 0.0931. The van der Waals surface area contributed by atoms with E-state index in [-0.39, 0.29) is 11.9 Å². The van der Waals surface area contributed by atoms with Gasteiger partial charge in [-0.15, -0.1) is 0 Å². The van der Waals surface area contributed by atoms with Gasteiger partial charge in [-0.3, -0.25) is 4.79 Å². The maximum atomic E-state index is 12.4. The molecule has 1 aromatic heterocycles. The third-order valence-electron chi connectivity index (χ3n) is 3.94. The van der Waals surface area contributed by atoms with Crippen LogP contribution in [0.4, 0.5) is 0 Å². The number of halogens is 1. The Hall–Kier alpha value is -2.59. The molecule has 3 aromatic rings. The van der Waals surface area contributed by atoms with Gasteiger partial charge in [0.2, 0.25) is 11.8 Å². The van der Waals surface area contributed by atoms with Crippen LogP contribution in [-0.2, 0) is 4.79 Å². The number of fused-ring (bicyclic) bond motifs is 1. The molecular weight excluding hydrogens is 324 g/mol. The topological polar surface area (TPSA) is 46.3 Å². The number of aromatic nitrogens is 1. The van der Waals surface area contributed by atoms with Gasteiger partial charge in [0.15, 0.2) is 5.58 Å². The number of oxazole rings is 1. The van der Waals surface area contributed by atoms with Crippen LogP contribution < -0.4 is 0 Å². The van der Waals surface area contributed by atoms with Crippen molar-refractivity contribution in [3.8, 4) is 0 Å². The lowest BCUT2D eigenvalue weighted by Crippen LogP contribution is -2.27. The molecule has 4 nitrogen and oxygen atoms in total. The van der Waals surface area contributed by atoms with Gasteiger partial charge in [0.05, 0.1) is 6.04 Å². The molecule has 0 radical (unpaired) electrons. The number of hydrogen-bond acceptors (Lipinski definition) is 3. The minimum Gasteiger partial charge on any atom is -0.437 e. The molecular formula is C19H17ClN2O2. The van der Waals surface area contributed by atoms with Crippen molar-refractivity contribution in [3.63, 3.8) is 0 Å². The largest absolute Gasteiger partial charge is 0.437 e. The Kier molecular flexibility index (Phi) is 4.67. The molecule has 0 fully saturated rings. The summed E-state index contributed by atoms with van der Waals surface area (Å²) in [5.41, 5.74) is 2.45. The van der Waals surface area contributed by atoms with Crippen LogP contribution in [0.2, 0.25) is 5.02 Å². The Labute approximate surface area is 145 Å². The molecule has 24 heavy (non-hydrogen) atoms. The van der Waals surface area contributed by atoms with Crippen LogP contribution in [0.15, 0.2) is 59.0 Å². The van der Waals surface area contributed by atoms with Gasteiger partial charge in [0.1, 0.15) is 5.52 Å². The van der Waals surface area contributed by atoms with Gasteiger partial charge < -0.3 is 9.32 Å². The van der Waals surface area contributed by atoms with E-state index in [1.807, 2.05) is 55.5 Å². The van der Waals surface area contributed by atoms with Crippen LogP contribution in [-0.4, -0.2) is 22.8 Å². The molecule has 1 amide bonds. The van der Waals surface area contributed by atoms with E-state index < -0.39 is 0 Å². The van der Waals surface area contributed by atoms with E-state index in [2.05, 4.69) is 4.98 Å². The van der Waals surface area contributed by atoms with Gasteiger partial charge in [-0.1, -0.05) is 35.9 Å². The second-order valence-corrected chi connectivity index (χ2v) is 5.97. The molecule has 0 N–H and O–H groups in total. The second kappa shape index (κ2) is 6.89. The molecule has 3 rings (SSSR count). The fourth-order valence-electron chi connectivity index (χ4n) is 2.40. The number of hydrogen-bond donors (Lipinski definition) is 0. The summed E-state index contributed by atoms with van der Waals surface area (Å²) in [6.07, 6.45) is 3.05. The number of likely N-dealkylation sites (N-methyl/N-ethyl adjacent to an activating group) is 1. The molecule has 0 aliphatic heterocycles. The smallest absolute Gasteiger partial charge is 0.246 e. The predicted molar refractivity (Wildman–Crippen MR) is 95.7 cm³/mol. The Morgan fingerprint density at radius 3 is 2.79 bits per heavy atom. The molecule has 1 unspecified atom stereocenters. The number of para-hydroxylation sites is 2. The Bertz CT molecular complexity index is 868. The van der Waals surface area contributed by atoms with Gasteiger partial charge in [-0.25, -0.2) is 4.98 Å². The summed E-state index contributed by atoms with van der Waals surface area (Å²) in [5.74, 6) is 0.276. The molecule has 122 valence electrons. The average molecular weight is 341 g/mol. The van der Waals surface area contributed by atoms with Crippen LogP contribution in [0.1, 0.15) is 24.4 Å². The number of amides is 1. The molecule has 0 aliphatic carbocycles. The quantitative estimate of drug-likeness (QED) is 0.646. The molecule has 0 spiro atoms. The summed E-state index contributed by atoms with van der Waals surface area (Å²) in [7, 11) is 1.75. The number of carbonyl (C=O) groups is 1. The van der Waals surface area contributed by atoms with Crippen molar-refractivity contribution in [3.05, 3.63) is 71.1 Å². The highest BCUT2D eigenvalue weighted by molar-refractivity contribution is 6.30. The zero-order chi connectivity index (χ0) is 17.1. The minimum atomic E-state index is -0.135. The maximum absolute atomic E-state index is 12.4. The van der Waals surface area contributed by atoms with Crippen molar-refractivity contribution in [1.82, 2.24) is 9.88 Å². The fraction of sp³-hybridized carbons (Fsp3) is 0.158. The molecule has 1 heterocycles. The van der Waals surface area contributed by atoms with E-state index in [0.29, 0.717) is 16.5 Å². The number of nitrogens with zero attached hydrogens (tertiary/aromatic N) is 2. The van der Waals surface area contributed by atoms with Gasteiger partial charge in [0.25, 0.3) is 0 Å². The van der Waals surface area contributed by atoms with E-state index >= 15 is 0 Å². The van der Waals surface area contributed by atoms with Crippen LogP contribution in [0.3, 0.4) is 0 Å². The molecule has 5 heteroatoms. The van der Waals surface area contributed by atoms with E-state index in [1.54, 1.807) is 18.0 Å². The van der Waals surface area contributed by atoms with E-state index in [4.69, 9.17) is 16.0 Å². The van der Waals surface area contributed by atoms with Crippen molar-refractivity contribution in [1.29, 1.82) is 0 Å². The highest BCUT2D eigenvalue weighted by Crippen LogP contribution is 2.22. The third kappa shape index (κ3) is 3.49. The zero-order valence-corrected chi connectivity index (χ0v) is 14.2. The van der Waals surface area contributed by atoms with Crippen molar-refractivity contribution in [2.75, 3.05) is 7.05 Å². The van der Waals surface area contributed by atoms with Crippen molar-refractivity contribution < 1.29 is 9.21 Å². The Morgan fingerprint density at radius 2 is 2.04 bits per heavy atom. The highest BCUT2D eigenvalue weighted by atomic mass is 35.5. The Balaban J connectivity index is 1.73. The SMILES string of the molecule is CC(c1cccc(Cl)c1)N(C)C(=O)/C=C/c1nc2ccccc2o1. The van der Waals surface area contributed by atoms with Crippen LogP contribution >= 0.6 is 11.6 Å². The maximum Gasteiger partial charge on any atom is 0.246 e. The lowest BCUT2D eigenvalue weighted by atomic mass is 10.1. The van der Waals surface area contributed by atoms with Crippen LogP contribution in [0.25, 0.3) is 17.2 Å². The van der Waals surface area contributed by atoms with Gasteiger partial charge >= 0.3 is 0 Å². The van der Waals surface area contributed by atoms with Crippen molar-refractivity contribution in [2.45, 2.75) is 13.0 Å². The first kappa shape index (κ1) is 16.3. The monoisotopic (exact) mass is 340 g/mol. The normalized spacial score (nSPS) is 12.6. The summed E-state index contributed by atoms with van der Waals surface area (Å²) in [4.78, 5) is 18.3. The molecule has 0 bridgehead atoms. The zero-order valence-electron chi connectivity index (χ0n) is 13.4. The second-order valence-electron chi connectivity index (χ2n) is 5.53. The first-order valence-corrected chi connectivity index (χ1v) is 7.98. The Morgan fingerprint density at radius 1 is 1.25 bits per heavy atom. The summed E-state index contributed by atoms with van der Waals surface area (Å²) < 4.78 is 5.57. The molecule has 2 aromatic carbocycles. The number of rotatable bonds is 4. The molecule has 0 saturated carbocycles. The summed E-state index contributed by atoms with van der Waals surface area (Å²) in [6, 6.07) is 14.9. The van der Waals surface area contributed by atoms with Gasteiger partial charge in [0, 0.05) is 24.2 Å². The average Bonchev–Trinajstić information content (AvgIpc) is 3.01. The van der Waals surface area contributed by atoms with E-state index in [1.165, 1.54) is 6.08 Å². The summed E-state index contributed by atoms with van der Waals surface area (Å²) in [6.45, 7) is 1.96. The molecule has 0 saturated heterocycles. The first-order valence-electron chi connectivity index (χ1n) is 7.60. The van der Waals surface area contributed by atoms with E-state index in [0.717, 1.165) is 11.1 Å². The van der Waals surface area contributed by atoms with Crippen LogP contribution in [0, 0.1) is 0 Å². The van der Waals surface area contributed by atoms with Gasteiger partial charge in [-0.2, -0.15) is 0 Å². The predicted octanol–water partition coefficient (Wildman–Crippen LogP) is 4.71. The number of carbonyl (C=O) groups excluding carboxylic acids is 1. The van der Waals surface area contributed by atoms with Crippen molar-refractivity contribution >= 4 is 34.7 Å². The third-order valence-corrected chi connectivity index (χ3v) is 4.17. The lowest BCUT2D eigenvalue weighted by molar-refractivity contribution is -0.126. The highest BCUT2D eigenvalue weighted by Gasteiger charge is 2.15. The number of benzene rings is 2. The van der Waals surface area contributed by atoms with E-state index in [9.17, 15) is 4.79 Å². The first-order chi connectivity index (χ1) is 11.5. The fourth-order valence-corrected chi connectivity index (χ4v) is 2.60. The summed E-state index contributed by atoms with van der Waals surface area (Å²) >= 11 is 6.01. The van der Waals surface area contributed by atoms with Crippen LogP contribution in [0.5, 0.6) is 0 Å². The molecule has 1 atom stereocenters. The summed E-state index contributed by atoms with van der Waals surface area (Å²) in [5, 5.41) is 0.655. The van der Waals surface area contributed by atoms with Gasteiger partial charge in [-0.05, 0) is 36.8 Å². The lowest BCUT2D eigenvalue weighted by Gasteiger charge is -2.24. The van der Waals surface area contributed by atoms with Crippen molar-refractivity contribution in [2.24, 2.45) is 0 Å². The standard InChI is InChI=1S/C19H17ClN2O2/c1-13(14-6-5-7-15(20)12-14)22(2)19(23)11-10-18-21-16-8-3-4-9-17(16)24-18/h3-13H,1-2H3/b11-10+. The molecule has 0 aliphatic rings.